The number of anilines is 1. The average molecular weight is 259 g/mol. The molecule has 1 aromatic heterocycles. The van der Waals surface area contributed by atoms with Crippen LogP contribution in [0.15, 0.2) is 30.3 Å². The van der Waals surface area contributed by atoms with E-state index >= 15 is 0 Å². The van der Waals surface area contributed by atoms with Crippen LogP contribution in [0.2, 0.25) is 0 Å². The first kappa shape index (κ1) is 12.4. The molecule has 2 rings (SSSR count). The number of halogens is 4. The maximum atomic E-state index is 12.9. The number of rotatable bonds is 2. The summed E-state index contributed by atoms with van der Waals surface area (Å²) in [6.45, 7) is -0.191. The van der Waals surface area contributed by atoms with E-state index in [1.165, 1.54) is 18.2 Å². The van der Waals surface area contributed by atoms with E-state index in [0.29, 0.717) is 10.2 Å². The molecule has 0 atom stereocenters. The van der Waals surface area contributed by atoms with Crippen molar-refractivity contribution in [1.82, 2.24) is 9.78 Å². The highest BCUT2D eigenvalue weighted by Crippen LogP contribution is 2.30. The lowest BCUT2D eigenvalue weighted by atomic mass is 10.2. The van der Waals surface area contributed by atoms with Crippen LogP contribution in [-0.4, -0.2) is 9.78 Å². The lowest BCUT2D eigenvalue weighted by molar-refractivity contribution is -0.144. The molecule has 3 nitrogen and oxygen atoms in total. The van der Waals surface area contributed by atoms with Crippen molar-refractivity contribution in [3.05, 3.63) is 47.4 Å². The highest BCUT2D eigenvalue weighted by atomic mass is 19.4. The first-order valence-corrected chi connectivity index (χ1v) is 5.01. The Balaban J connectivity index is 2.35. The fraction of sp³-hybridized carbons (Fsp3) is 0.182. The molecule has 0 spiro atoms. The molecule has 96 valence electrons. The van der Waals surface area contributed by atoms with Gasteiger partial charge in [0.15, 0.2) is 0 Å². The van der Waals surface area contributed by atoms with Gasteiger partial charge < -0.3 is 5.73 Å². The molecule has 0 saturated heterocycles. The molecular weight excluding hydrogens is 250 g/mol. The smallest absolute Gasteiger partial charge is 0.382 e. The maximum absolute atomic E-state index is 12.9. The molecular formula is C11H9F4N3. The Morgan fingerprint density at radius 3 is 2.56 bits per heavy atom. The highest BCUT2D eigenvalue weighted by Gasteiger charge is 2.35. The lowest BCUT2D eigenvalue weighted by Gasteiger charge is -2.10. The molecule has 0 unspecified atom stereocenters. The molecule has 0 bridgehead atoms. The number of alkyl halides is 3. The normalized spacial score (nSPS) is 11.8. The molecule has 0 aliphatic carbocycles. The Bertz CT molecular complexity index is 560. The number of aromatic nitrogens is 2. The van der Waals surface area contributed by atoms with Crippen molar-refractivity contribution < 1.29 is 17.6 Å². The Kier molecular flexibility index (Phi) is 2.98. The molecule has 7 heteroatoms. The number of hydrogen-bond donors (Lipinski definition) is 1. The van der Waals surface area contributed by atoms with E-state index < -0.39 is 17.7 Å². The monoisotopic (exact) mass is 259 g/mol. The van der Waals surface area contributed by atoms with Crippen molar-refractivity contribution in [2.45, 2.75) is 12.7 Å². The van der Waals surface area contributed by atoms with Crippen LogP contribution in [0.5, 0.6) is 0 Å². The van der Waals surface area contributed by atoms with Crippen LogP contribution >= 0.6 is 0 Å². The van der Waals surface area contributed by atoms with Gasteiger partial charge in [-0.1, -0.05) is 12.1 Å². The van der Waals surface area contributed by atoms with Crippen LogP contribution in [0, 0.1) is 5.82 Å². The first-order chi connectivity index (χ1) is 8.36. The van der Waals surface area contributed by atoms with Gasteiger partial charge in [-0.3, -0.25) is 4.68 Å². The fourth-order valence-electron chi connectivity index (χ4n) is 1.59. The second-order valence-electron chi connectivity index (χ2n) is 3.74. The molecule has 0 aliphatic heterocycles. The van der Waals surface area contributed by atoms with Gasteiger partial charge in [-0.25, -0.2) is 4.39 Å². The zero-order chi connectivity index (χ0) is 13.3. The summed E-state index contributed by atoms with van der Waals surface area (Å²) in [5.74, 6) is -0.736. The number of benzene rings is 1. The van der Waals surface area contributed by atoms with Crippen LogP contribution in [0.1, 0.15) is 11.3 Å². The third kappa shape index (κ3) is 2.61. The quantitative estimate of drug-likeness (QED) is 0.842. The standard InChI is InChI=1S/C11H9F4N3/c12-8-3-1-2-7(4-8)6-18-9(11(13,14)15)5-10(16)17-18/h1-5H,6H2,(H2,16,17). The second kappa shape index (κ2) is 4.32. The number of nitrogen functional groups attached to an aromatic ring is 1. The minimum atomic E-state index is -4.54. The molecule has 1 heterocycles. The average Bonchev–Trinajstić information content (AvgIpc) is 2.59. The van der Waals surface area contributed by atoms with E-state index in [-0.39, 0.29) is 12.4 Å². The van der Waals surface area contributed by atoms with E-state index in [1.54, 1.807) is 0 Å². The highest BCUT2D eigenvalue weighted by molar-refractivity contribution is 5.31. The summed E-state index contributed by atoms with van der Waals surface area (Å²) in [5, 5.41) is 3.55. The predicted molar refractivity (Wildman–Crippen MR) is 57.1 cm³/mol. The topological polar surface area (TPSA) is 43.8 Å². The van der Waals surface area contributed by atoms with Crippen LogP contribution in [-0.2, 0) is 12.7 Å². The maximum Gasteiger partial charge on any atom is 0.433 e. The van der Waals surface area contributed by atoms with E-state index in [4.69, 9.17) is 5.73 Å². The van der Waals surface area contributed by atoms with Gasteiger partial charge >= 0.3 is 6.18 Å². The van der Waals surface area contributed by atoms with Gasteiger partial charge in [0.05, 0.1) is 6.54 Å². The van der Waals surface area contributed by atoms with Gasteiger partial charge in [0, 0.05) is 6.07 Å². The van der Waals surface area contributed by atoms with Gasteiger partial charge in [-0.05, 0) is 17.7 Å². The number of nitrogens with zero attached hydrogens (tertiary/aromatic N) is 2. The van der Waals surface area contributed by atoms with Gasteiger partial charge in [0.25, 0.3) is 0 Å². The van der Waals surface area contributed by atoms with Crippen molar-refractivity contribution in [2.75, 3.05) is 5.73 Å². The molecule has 0 fully saturated rings. The van der Waals surface area contributed by atoms with Gasteiger partial charge in [-0.15, -0.1) is 0 Å². The Hall–Kier alpha value is -2.05. The molecule has 0 amide bonds. The van der Waals surface area contributed by atoms with Crippen LogP contribution in [0.3, 0.4) is 0 Å². The van der Waals surface area contributed by atoms with Crippen LogP contribution < -0.4 is 5.73 Å². The lowest BCUT2D eigenvalue weighted by Crippen LogP contribution is -2.15. The largest absolute Gasteiger partial charge is 0.433 e. The van der Waals surface area contributed by atoms with Crippen molar-refractivity contribution in [2.24, 2.45) is 0 Å². The minimum absolute atomic E-state index is 0.191. The van der Waals surface area contributed by atoms with E-state index in [2.05, 4.69) is 5.10 Å². The number of nitrogens with two attached hydrogens (primary N) is 1. The Labute approximate surface area is 99.8 Å². The molecule has 2 N–H and O–H groups in total. The third-order valence-electron chi connectivity index (χ3n) is 2.31. The summed E-state index contributed by atoms with van der Waals surface area (Å²) in [4.78, 5) is 0. The van der Waals surface area contributed by atoms with Crippen molar-refractivity contribution in [1.29, 1.82) is 0 Å². The van der Waals surface area contributed by atoms with Crippen LogP contribution in [0.4, 0.5) is 23.4 Å². The zero-order valence-corrected chi connectivity index (χ0v) is 9.08. The third-order valence-corrected chi connectivity index (χ3v) is 2.31. The van der Waals surface area contributed by atoms with Crippen LogP contribution in [0.25, 0.3) is 0 Å². The SMILES string of the molecule is Nc1cc(C(F)(F)F)n(Cc2cccc(F)c2)n1. The molecule has 18 heavy (non-hydrogen) atoms. The van der Waals surface area contributed by atoms with E-state index in [0.717, 1.165) is 12.1 Å². The summed E-state index contributed by atoms with van der Waals surface area (Å²) in [6.07, 6.45) is -4.54. The zero-order valence-electron chi connectivity index (χ0n) is 9.08. The molecule has 2 aromatic rings. The summed E-state index contributed by atoms with van der Waals surface area (Å²) < 4.78 is 51.6. The Morgan fingerprint density at radius 1 is 1.22 bits per heavy atom. The molecule has 0 radical (unpaired) electrons. The van der Waals surface area contributed by atoms with Crippen molar-refractivity contribution in [3.63, 3.8) is 0 Å². The second-order valence-corrected chi connectivity index (χ2v) is 3.74. The minimum Gasteiger partial charge on any atom is -0.382 e. The molecule has 0 saturated carbocycles. The van der Waals surface area contributed by atoms with E-state index in [1.807, 2.05) is 0 Å². The van der Waals surface area contributed by atoms with Gasteiger partial charge in [-0.2, -0.15) is 18.3 Å². The molecule has 0 aliphatic rings. The van der Waals surface area contributed by atoms with Gasteiger partial charge in [0.1, 0.15) is 17.3 Å². The van der Waals surface area contributed by atoms with Crippen molar-refractivity contribution >= 4 is 5.82 Å². The summed E-state index contributed by atoms with van der Waals surface area (Å²) >= 11 is 0. The van der Waals surface area contributed by atoms with Gasteiger partial charge in [0.2, 0.25) is 0 Å². The summed E-state index contributed by atoms with van der Waals surface area (Å²) in [7, 11) is 0. The fourth-order valence-corrected chi connectivity index (χ4v) is 1.59. The first-order valence-electron chi connectivity index (χ1n) is 5.01. The summed E-state index contributed by atoms with van der Waals surface area (Å²) in [6, 6.07) is 6.05. The Morgan fingerprint density at radius 2 is 1.94 bits per heavy atom. The number of hydrogen-bond acceptors (Lipinski definition) is 2. The van der Waals surface area contributed by atoms with E-state index in [9.17, 15) is 17.6 Å². The molecule has 1 aromatic carbocycles. The predicted octanol–water partition coefficient (Wildman–Crippen LogP) is 2.67. The summed E-state index contributed by atoms with van der Waals surface area (Å²) in [5.41, 5.74) is 4.68. The van der Waals surface area contributed by atoms with Crippen molar-refractivity contribution in [3.8, 4) is 0 Å².